The Labute approximate surface area is 209 Å². The number of hydrogen-bond donors (Lipinski definition) is 0. The second kappa shape index (κ2) is 18.7. The van der Waals surface area contributed by atoms with Gasteiger partial charge in [0.2, 0.25) is 0 Å². The molecule has 0 rings (SSSR count). The molecule has 0 N–H and O–H groups in total. The third kappa shape index (κ3) is 13.6. The fourth-order valence-corrected chi connectivity index (χ4v) is 9.08. The second-order valence-electron chi connectivity index (χ2n) is 8.62. The van der Waals surface area contributed by atoms with E-state index in [9.17, 15) is 9.13 Å². The van der Waals surface area contributed by atoms with Crippen LogP contribution < -0.4 is 0 Å². The van der Waals surface area contributed by atoms with Crippen LogP contribution in [-0.4, -0.2) is 31.8 Å². The summed E-state index contributed by atoms with van der Waals surface area (Å²) >= 11 is 0. The zero-order valence-electron chi connectivity index (χ0n) is 22.9. The summed E-state index contributed by atoms with van der Waals surface area (Å²) < 4.78 is 49.3. The molecule has 0 saturated carbocycles. The molecule has 0 aliphatic carbocycles. The smallest absolute Gasteiger partial charge is 0.308 e. The maximum Gasteiger partial charge on any atom is 0.345 e. The van der Waals surface area contributed by atoms with Crippen molar-refractivity contribution in [3.05, 3.63) is 34.9 Å². The van der Waals surface area contributed by atoms with Gasteiger partial charge in [0.25, 0.3) is 0 Å². The minimum Gasteiger partial charge on any atom is -0.308 e. The Morgan fingerprint density at radius 1 is 0.647 bits per heavy atom. The van der Waals surface area contributed by atoms with Crippen molar-refractivity contribution in [2.45, 2.75) is 106 Å². The van der Waals surface area contributed by atoms with Crippen LogP contribution in [0.3, 0.4) is 0 Å². The summed E-state index contributed by atoms with van der Waals surface area (Å²) in [6, 6.07) is 0. The summed E-state index contributed by atoms with van der Waals surface area (Å²) in [5, 5.41) is -0.931. The molecule has 6 nitrogen and oxygen atoms in total. The monoisotopic (exact) mass is 520 g/mol. The second-order valence-corrected chi connectivity index (χ2v) is 13.5. The molecule has 34 heavy (non-hydrogen) atoms. The Hall–Kier alpha value is -0.480. The molecule has 0 radical (unpaired) electrons. The van der Waals surface area contributed by atoms with Gasteiger partial charge in [0, 0.05) is 0 Å². The summed E-state index contributed by atoms with van der Waals surface area (Å²) in [7, 11) is -7.33. The first-order valence-electron chi connectivity index (χ1n) is 12.8. The zero-order chi connectivity index (χ0) is 26.0. The van der Waals surface area contributed by atoms with Gasteiger partial charge in [-0.3, -0.25) is 9.13 Å². The average Bonchev–Trinajstić information content (AvgIpc) is 2.73. The average molecular weight is 521 g/mol. The Morgan fingerprint density at radius 2 is 1.03 bits per heavy atom. The number of hydrogen-bond acceptors (Lipinski definition) is 6. The predicted octanol–water partition coefficient (Wildman–Crippen LogP) is 9.43. The van der Waals surface area contributed by atoms with E-state index in [0.29, 0.717) is 12.8 Å². The maximum absolute atomic E-state index is 13.6. The Morgan fingerprint density at radius 3 is 1.41 bits per heavy atom. The minimum atomic E-state index is -3.66. The molecule has 0 aromatic carbocycles. The largest absolute Gasteiger partial charge is 0.345 e. The van der Waals surface area contributed by atoms with Crippen molar-refractivity contribution in [1.29, 1.82) is 0 Å². The molecule has 0 aliphatic rings. The highest BCUT2D eigenvalue weighted by Crippen LogP contribution is 2.71. The van der Waals surface area contributed by atoms with Gasteiger partial charge in [0.1, 0.15) is 0 Å². The Kier molecular flexibility index (Phi) is 18.5. The van der Waals surface area contributed by atoms with Crippen molar-refractivity contribution < 1.29 is 27.2 Å². The minimum absolute atomic E-state index is 0.201. The first-order chi connectivity index (χ1) is 16.1. The highest BCUT2D eigenvalue weighted by atomic mass is 31.2. The van der Waals surface area contributed by atoms with Crippen molar-refractivity contribution >= 4 is 15.2 Å². The van der Waals surface area contributed by atoms with E-state index in [-0.39, 0.29) is 26.4 Å². The molecule has 0 fully saturated rings. The van der Waals surface area contributed by atoms with E-state index in [1.807, 2.05) is 0 Å². The van der Waals surface area contributed by atoms with Crippen LogP contribution in [0.2, 0.25) is 0 Å². The normalized spacial score (nSPS) is 13.6. The van der Waals surface area contributed by atoms with E-state index in [0.717, 1.165) is 32.1 Å². The summed E-state index contributed by atoms with van der Waals surface area (Å²) in [5.41, 5.74) is 4.12. The molecule has 200 valence electrons. The molecule has 0 spiro atoms. The van der Waals surface area contributed by atoms with E-state index in [1.54, 1.807) is 27.7 Å². The molecule has 0 amide bonds. The van der Waals surface area contributed by atoms with E-state index >= 15 is 0 Å². The van der Waals surface area contributed by atoms with Crippen molar-refractivity contribution in [3.8, 4) is 0 Å². The standard InChI is InChI=1S/C26H50O6P2/c1-9-29-33(27,30-10-2)26(34(28,31-11-3)32-12-4)22-14-13-18-24(7)20-16-21-25(8)19-15-17-23(5)6/h17-18,21,26H,9-16,19-20,22H2,1-8H3/b24-18+,25-21+. The highest BCUT2D eigenvalue weighted by Gasteiger charge is 2.50. The van der Waals surface area contributed by atoms with Crippen LogP contribution in [0.4, 0.5) is 0 Å². The van der Waals surface area contributed by atoms with Gasteiger partial charge in [0.05, 0.1) is 26.4 Å². The third-order valence-electron chi connectivity index (χ3n) is 5.25. The molecular formula is C26H50O6P2. The van der Waals surface area contributed by atoms with E-state index in [2.05, 4.69) is 45.9 Å². The molecule has 8 heteroatoms. The lowest BCUT2D eigenvalue weighted by atomic mass is 10.1. The molecule has 0 saturated heterocycles. The molecular weight excluding hydrogens is 470 g/mol. The van der Waals surface area contributed by atoms with Gasteiger partial charge in [-0.05, 0) is 100 Å². The van der Waals surface area contributed by atoms with Crippen LogP contribution in [0, 0.1) is 0 Å². The van der Waals surface area contributed by atoms with E-state index in [1.165, 1.54) is 16.7 Å². The van der Waals surface area contributed by atoms with Crippen molar-refractivity contribution in [2.24, 2.45) is 0 Å². The van der Waals surface area contributed by atoms with Crippen LogP contribution in [0.15, 0.2) is 34.9 Å². The summed E-state index contributed by atoms with van der Waals surface area (Å²) in [5.74, 6) is 0. The predicted molar refractivity (Wildman–Crippen MR) is 145 cm³/mol. The summed E-state index contributed by atoms with van der Waals surface area (Å²) in [6.07, 6.45) is 12.9. The van der Waals surface area contributed by atoms with Crippen molar-refractivity contribution in [2.75, 3.05) is 26.4 Å². The third-order valence-corrected chi connectivity index (χ3v) is 11.4. The maximum atomic E-state index is 13.6. The van der Waals surface area contributed by atoms with Gasteiger partial charge in [-0.1, -0.05) is 34.9 Å². The Balaban J connectivity index is 5.11. The van der Waals surface area contributed by atoms with Gasteiger partial charge in [-0.25, -0.2) is 0 Å². The summed E-state index contributed by atoms with van der Waals surface area (Å²) in [6.45, 7) is 16.4. The van der Waals surface area contributed by atoms with E-state index < -0.39 is 20.6 Å². The van der Waals surface area contributed by atoms with Gasteiger partial charge >= 0.3 is 15.2 Å². The molecule has 0 atom stereocenters. The number of allylic oxidation sites excluding steroid dienone is 6. The van der Waals surface area contributed by atoms with Crippen molar-refractivity contribution in [3.63, 3.8) is 0 Å². The van der Waals surface area contributed by atoms with E-state index in [4.69, 9.17) is 18.1 Å². The van der Waals surface area contributed by atoms with Crippen LogP contribution in [0.5, 0.6) is 0 Å². The van der Waals surface area contributed by atoms with Crippen LogP contribution in [-0.2, 0) is 27.2 Å². The van der Waals surface area contributed by atoms with Crippen LogP contribution in [0.1, 0.15) is 100 Å². The first-order valence-corrected chi connectivity index (χ1v) is 16.0. The Bertz CT molecular complexity index is 688. The van der Waals surface area contributed by atoms with Gasteiger partial charge in [-0.15, -0.1) is 0 Å². The topological polar surface area (TPSA) is 71.1 Å². The SMILES string of the molecule is CCOP(=O)(OCC)C(CCC/C=C(\C)CC/C=C(\C)CCC=C(C)C)P(=O)(OCC)OCC. The van der Waals surface area contributed by atoms with Gasteiger partial charge < -0.3 is 18.1 Å². The lowest BCUT2D eigenvalue weighted by Gasteiger charge is -2.31. The lowest BCUT2D eigenvalue weighted by molar-refractivity contribution is 0.193. The fourth-order valence-electron chi connectivity index (χ4n) is 3.62. The van der Waals surface area contributed by atoms with Crippen LogP contribution in [0.25, 0.3) is 0 Å². The first kappa shape index (κ1) is 33.5. The molecule has 0 bridgehead atoms. The van der Waals surface area contributed by atoms with Gasteiger partial charge in [-0.2, -0.15) is 0 Å². The zero-order valence-corrected chi connectivity index (χ0v) is 24.7. The molecule has 0 heterocycles. The molecule has 0 aliphatic heterocycles. The van der Waals surface area contributed by atoms with Crippen molar-refractivity contribution in [1.82, 2.24) is 0 Å². The fraction of sp³-hybridized carbons (Fsp3) is 0.769. The lowest BCUT2D eigenvalue weighted by Crippen LogP contribution is -2.18. The van der Waals surface area contributed by atoms with Gasteiger partial charge in [0.15, 0.2) is 5.40 Å². The van der Waals surface area contributed by atoms with Crippen LogP contribution >= 0.6 is 15.2 Å². The quantitative estimate of drug-likeness (QED) is 0.0904. The molecule has 0 unspecified atom stereocenters. The number of unbranched alkanes of at least 4 members (excludes halogenated alkanes) is 1. The molecule has 0 aromatic rings. The molecule has 0 aromatic heterocycles. The highest BCUT2D eigenvalue weighted by molar-refractivity contribution is 7.72. The summed E-state index contributed by atoms with van der Waals surface area (Å²) in [4.78, 5) is 0. The number of rotatable bonds is 20.